The summed E-state index contributed by atoms with van der Waals surface area (Å²) in [5.41, 5.74) is 1.75. The van der Waals surface area contributed by atoms with E-state index in [4.69, 9.17) is 39.5 Å². The SMILES string of the molecule is O=C(Cl)/C=C/c1cccc(OCc2ccc(Cl)c(Cl)c2)c1. The van der Waals surface area contributed by atoms with Crippen LogP contribution in [-0.2, 0) is 11.4 Å². The Kier molecular flexibility index (Phi) is 5.68. The maximum Gasteiger partial charge on any atom is 0.245 e. The third-order valence-electron chi connectivity index (χ3n) is 2.65. The first-order valence-electron chi connectivity index (χ1n) is 6.09. The zero-order valence-electron chi connectivity index (χ0n) is 10.9. The van der Waals surface area contributed by atoms with Gasteiger partial charge in [-0.15, -0.1) is 0 Å². The molecule has 5 heteroatoms. The molecule has 0 aromatic heterocycles. The molecule has 0 N–H and O–H groups in total. The van der Waals surface area contributed by atoms with E-state index in [1.54, 1.807) is 18.2 Å². The lowest BCUT2D eigenvalue weighted by molar-refractivity contribution is -0.107. The summed E-state index contributed by atoms with van der Waals surface area (Å²) in [6.45, 7) is 0.374. The van der Waals surface area contributed by atoms with Crippen LogP contribution in [-0.4, -0.2) is 5.24 Å². The van der Waals surface area contributed by atoms with Crippen molar-refractivity contribution in [3.8, 4) is 5.75 Å². The van der Waals surface area contributed by atoms with Crippen molar-refractivity contribution in [2.45, 2.75) is 6.61 Å². The van der Waals surface area contributed by atoms with E-state index in [-0.39, 0.29) is 0 Å². The van der Waals surface area contributed by atoms with E-state index < -0.39 is 5.24 Å². The maximum atomic E-state index is 10.7. The summed E-state index contributed by atoms with van der Waals surface area (Å²) < 4.78 is 5.68. The number of ether oxygens (including phenoxy) is 1. The van der Waals surface area contributed by atoms with Crippen molar-refractivity contribution in [2.24, 2.45) is 0 Å². The van der Waals surface area contributed by atoms with Gasteiger partial charge in [-0.05, 0) is 53.1 Å². The molecular weight excluding hydrogens is 331 g/mol. The average Bonchev–Trinajstić information content (AvgIpc) is 2.47. The summed E-state index contributed by atoms with van der Waals surface area (Å²) in [5, 5.41) is 0.491. The minimum atomic E-state index is -0.517. The average molecular weight is 342 g/mol. The van der Waals surface area contributed by atoms with Gasteiger partial charge < -0.3 is 4.74 Å². The standard InChI is InChI=1S/C16H11Cl3O2/c17-14-6-4-12(9-15(14)18)10-21-13-3-1-2-11(8-13)5-7-16(19)20/h1-9H,10H2/b7-5+. The van der Waals surface area contributed by atoms with Crippen LogP contribution >= 0.6 is 34.8 Å². The summed E-state index contributed by atoms with van der Waals surface area (Å²) in [4.78, 5) is 10.7. The number of allylic oxidation sites excluding steroid dienone is 1. The lowest BCUT2D eigenvalue weighted by atomic mass is 10.2. The van der Waals surface area contributed by atoms with Gasteiger partial charge in [0.15, 0.2) is 0 Å². The Bertz CT molecular complexity index is 681. The van der Waals surface area contributed by atoms with Gasteiger partial charge in [0.05, 0.1) is 10.0 Å². The lowest BCUT2D eigenvalue weighted by Crippen LogP contribution is -1.95. The Hall–Kier alpha value is -1.48. The molecule has 2 aromatic rings. The van der Waals surface area contributed by atoms with E-state index in [9.17, 15) is 4.79 Å². The molecule has 108 valence electrons. The van der Waals surface area contributed by atoms with Gasteiger partial charge in [0.1, 0.15) is 12.4 Å². The number of carbonyl (C=O) groups excluding carboxylic acids is 1. The largest absolute Gasteiger partial charge is 0.489 e. The van der Waals surface area contributed by atoms with Gasteiger partial charge in [-0.25, -0.2) is 0 Å². The molecule has 2 aromatic carbocycles. The quantitative estimate of drug-likeness (QED) is 0.541. The summed E-state index contributed by atoms with van der Waals surface area (Å²) >= 11 is 17.1. The van der Waals surface area contributed by atoms with Gasteiger partial charge in [-0.1, -0.05) is 47.5 Å². The van der Waals surface area contributed by atoms with Crippen molar-refractivity contribution >= 4 is 46.1 Å². The number of hydrogen-bond acceptors (Lipinski definition) is 2. The molecule has 0 saturated carbocycles. The molecular formula is C16H11Cl3O2. The molecule has 2 rings (SSSR count). The van der Waals surface area contributed by atoms with Gasteiger partial charge in [0.2, 0.25) is 5.24 Å². The molecule has 0 amide bonds. The molecule has 0 unspecified atom stereocenters. The van der Waals surface area contributed by atoms with Crippen molar-refractivity contribution in [1.29, 1.82) is 0 Å². The summed E-state index contributed by atoms with van der Waals surface area (Å²) in [6.07, 6.45) is 2.92. The second-order valence-corrected chi connectivity index (χ2v) is 5.43. The molecule has 0 heterocycles. The minimum Gasteiger partial charge on any atom is -0.489 e. The third kappa shape index (κ3) is 5.09. The minimum absolute atomic E-state index is 0.374. The molecule has 0 spiro atoms. The molecule has 2 nitrogen and oxygen atoms in total. The zero-order chi connectivity index (χ0) is 15.2. The highest BCUT2D eigenvalue weighted by Crippen LogP contribution is 2.23. The van der Waals surface area contributed by atoms with Crippen molar-refractivity contribution < 1.29 is 9.53 Å². The van der Waals surface area contributed by atoms with Crippen molar-refractivity contribution in [1.82, 2.24) is 0 Å². The zero-order valence-corrected chi connectivity index (χ0v) is 13.1. The fraction of sp³-hybridized carbons (Fsp3) is 0.0625. The third-order valence-corrected chi connectivity index (χ3v) is 3.52. The molecule has 0 aliphatic rings. The number of halogens is 3. The Balaban J connectivity index is 2.04. The Labute approximate surface area is 137 Å². The van der Waals surface area contributed by atoms with Crippen molar-refractivity contribution in [2.75, 3.05) is 0 Å². The molecule has 0 atom stereocenters. The normalized spacial score (nSPS) is 10.8. The fourth-order valence-corrected chi connectivity index (χ4v) is 2.05. The highest BCUT2D eigenvalue weighted by molar-refractivity contribution is 6.66. The van der Waals surface area contributed by atoms with Crippen LogP contribution in [0.1, 0.15) is 11.1 Å². The Morgan fingerprint density at radius 3 is 2.62 bits per heavy atom. The molecule has 0 aliphatic carbocycles. The second kappa shape index (κ2) is 7.51. The van der Waals surface area contributed by atoms with Crippen LogP contribution in [0.25, 0.3) is 6.08 Å². The molecule has 0 radical (unpaired) electrons. The van der Waals surface area contributed by atoms with E-state index in [0.29, 0.717) is 22.4 Å². The van der Waals surface area contributed by atoms with Gasteiger partial charge in [-0.3, -0.25) is 4.79 Å². The Morgan fingerprint density at radius 2 is 1.90 bits per heavy atom. The lowest BCUT2D eigenvalue weighted by Gasteiger charge is -2.08. The van der Waals surface area contributed by atoms with Crippen LogP contribution < -0.4 is 4.74 Å². The van der Waals surface area contributed by atoms with E-state index in [0.717, 1.165) is 11.1 Å². The topological polar surface area (TPSA) is 26.3 Å². The molecule has 0 bridgehead atoms. The molecule has 0 fully saturated rings. The van der Waals surface area contributed by atoms with Crippen LogP contribution in [0.4, 0.5) is 0 Å². The number of hydrogen-bond donors (Lipinski definition) is 0. The first kappa shape index (κ1) is 15.9. The van der Waals surface area contributed by atoms with Crippen molar-refractivity contribution in [3.05, 3.63) is 69.7 Å². The van der Waals surface area contributed by atoms with E-state index in [1.807, 2.05) is 30.3 Å². The van der Waals surface area contributed by atoms with E-state index in [1.165, 1.54) is 6.08 Å². The van der Waals surface area contributed by atoms with Gasteiger partial charge in [0.25, 0.3) is 0 Å². The molecule has 0 aliphatic heterocycles. The predicted molar refractivity (Wildman–Crippen MR) is 87.1 cm³/mol. The van der Waals surface area contributed by atoms with Crippen LogP contribution in [0.2, 0.25) is 10.0 Å². The first-order chi connectivity index (χ1) is 10.0. The monoisotopic (exact) mass is 340 g/mol. The molecule has 0 saturated heterocycles. The first-order valence-corrected chi connectivity index (χ1v) is 7.22. The number of benzene rings is 2. The number of rotatable bonds is 5. The van der Waals surface area contributed by atoms with Crippen LogP contribution in [0.15, 0.2) is 48.5 Å². The summed E-state index contributed by atoms with van der Waals surface area (Å²) in [5.74, 6) is 0.685. The van der Waals surface area contributed by atoms with E-state index >= 15 is 0 Å². The number of carbonyl (C=O) groups is 1. The van der Waals surface area contributed by atoms with E-state index in [2.05, 4.69) is 0 Å². The van der Waals surface area contributed by atoms with Crippen LogP contribution in [0.5, 0.6) is 5.75 Å². The van der Waals surface area contributed by atoms with Crippen LogP contribution in [0.3, 0.4) is 0 Å². The highest BCUT2D eigenvalue weighted by Gasteiger charge is 2.01. The maximum absolute atomic E-state index is 10.7. The second-order valence-electron chi connectivity index (χ2n) is 4.25. The smallest absolute Gasteiger partial charge is 0.245 e. The fourth-order valence-electron chi connectivity index (χ4n) is 1.67. The highest BCUT2D eigenvalue weighted by atomic mass is 35.5. The van der Waals surface area contributed by atoms with Gasteiger partial charge in [-0.2, -0.15) is 0 Å². The van der Waals surface area contributed by atoms with Crippen LogP contribution in [0, 0.1) is 0 Å². The Morgan fingerprint density at radius 1 is 1.10 bits per heavy atom. The summed E-state index contributed by atoms with van der Waals surface area (Å²) in [7, 11) is 0. The predicted octanol–water partition coefficient (Wildman–Crippen LogP) is 5.35. The molecule has 21 heavy (non-hydrogen) atoms. The van der Waals surface area contributed by atoms with Crippen molar-refractivity contribution in [3.63, 3.8) is 0 Å². The van der Waals surface area contributed by atoms with Gasteiger partial charge in [0, 0.05) is 0 Å². The summed E-state index contributed by atoms with van der Waals surface area (Å²) in [6, 6.07) is 12.7. The van der Waals surface area contributed by atoms with Gasteiger partial charge >= 0.3 is 0 Å².